The van der Waals surface area contributed by atoms with Crippen LogP contribution in [0.1, 0.15) is 26.2 Å². The van der Waals surface area contributed by atoms with Crippen LogP contribution in [0.25, 0.3) is 0 Å². The molecule has 0 fully saturated rings. The standard InChI is InChI=1S/C21H29N3O3/c1-3-4-5-14-23-21(25)24-18-8-12-20(13-9-18)27-19-10-6-17(7-11-19)22-15-16-26-2/h6-13,22H,3-5,14-16H2,1-2H3,(H2,23,24,25). The van der Waals surface area contributed by atoms with E-state index in [4.69, 9.17) is 9.47 Å². The molecule has 27 heavy (non-hydrogen) atoms. The molecular weight excluding hydrogens is 342 g/mol. The number of hydrogen-bond donors (Lipinski definition) is 3. The lowest BCUT2D eigenvalue weighted by atomic mass is 10.2. The number of rotatable bonds is 11. The van der Waals surface area contributed by atoms with Gasteiger partial charge >= 0.3 is 6.03 Å². The molecule has 0 bridgehead atoms. The highest BCUT2D eigenvalue weighted by molar-refractivity contribution is 5.89. The summed E-state index contributed by atoms with van der Waals surface area (Å²) in [5.41, 5.74) is 1.75. The molecule has 2 aromatic carbocycles. The highest BCUT2D eigenvalue weighted by Crippen LogP contribution is 2.24. The van der Waals surface area contributed by atoms with Crippen LogP contribution in [0.3, 0.4) is 0 Å². The van der Waals surface area contributed by atoms with Crippen LogP contribution in [0, 0.1) is 0 Å². The molecule has 2 aromatic rings. The van der Waals surface area contributed by atoms with E-state index in [0.717, 1.165) is 42.9 Å². The molecule has 0 aliphatic heterocycles. The second kappa shape index (κ2) is 11.8. The maximum absolute atomic E-state index is 11.8. The summed E-state index contributed by atoms with van der Waals surface area (Å²) in [6.07, 6.45) is 3.26. The van der Waals surface area contributed by atoms with Crippen LogP contribution < -0.4 is 20.7 Å². The molecule has 0 saturated carbocycles. The van der Waals surface area contributed by atoms with Gasteiger partial charge in [0.15, 0.2) is 0 Å². The Hall–Kier alpha value is -2.73. The number of carbonyl (C=O) groups is 1. The summed E-state index contributed by atoms with van der Waals surface area (Å²) in [7, 11) is 1.68. The van der Waals surface area contributed by atoms with E-state index in [1.165, 1.54) is 0 Å². The summed E-state index contributed by atoms with van der Waals surface area (Å²) in [5, 5.41) is 8.92. The first-order valence-corrected chi connectivity index (χ1v) is 9.37. The molecule has 0 aliphatic rings. The van der Waals surface area contributed by atoms with Crippen molar-refractivity contribution in [1.29, 1.82) is 0 Å². The van der Waals surface area contributed by atoms with Gasteiger partial charge in [-0.25, -0.2) is 4.79 Å². The third-order valence-electron chi connectivity index (χ3n) is 3.90. The molecule has 0 aliphatic carbocycles. The average Bonchev–Trinajstić information content (AvgIpc) is 2.68. The summed E-state index contributed by atoms with van der Waals surface area (Å²) >= 11 is 0. The summed E-state index contributed by atoms with van der Waals surface area (Å²) in [5.74, 6) is 1.46. The van der Waals surface area contributed by atoms with Gasteiger partial charge in [-0.2, -0.15) is 0 Å². The molecule has 0 heterocycles. The Morgan fingerprint density at radius 3 is 2.11 bits per heavy atom. The van der Waals surface area contributed by atoms with E-state index in [9.17, 15) is 4.79 Å². The molecule has 0 radical (unpaired) electrons. The third kappa shape index (κ3) is 8.00. The fraction of sp³-hybridized carbons (Fsp3) is 0.381. The maximum atomic E-state index is 11.8. The van der Waals surface area contributed by atoms with Crippen molar-refractivity contribution in [3.63, 3.8) is 0 Å². The van der Waals surface area contributed by atoms with Gasteiger partial charge in [-0.1, -0.05) is 19.8 Å². The lowest BCUT2D eigenvalue weighted by Gasteiger charge is -2.10. The van der Waals surface area contributed by atoms with Gasteiger partial charge < -0.3 is 25.4 Å². The first-order valence-electron chi connectivity index (χ1n) is 9.37. The molecule has 0 unspecified atom stereocenters. The highest BCUT2D eigenvalue weighted by Gasteiger charge is 2.02. The molecule has 3 N–H and O–H groups in total. The number of hydrogen-bond acceptors (Lipinski definition) is 4. The zero-order valence-electron chi connectivity index (χ0n) is 16.1. The van der Waals surface area contributed by atoms with E-state index in [1.54, 1.807) is 7.11 Å². The minimum atomic E-state index is -0.184. The van der Waals surface area contributed by atoms with E-state index >= 15 is 0 Å². The number of unbranched alkanes of at least 4 members (excludes halogenated alkanes) is 2. The Kier molecular flexibility index (Phi) is 9.00. The molecule has 6 heteroatoms. The molecule has 2 amide bonds. The number of amides is 2. The quantitative estimate of drug-likeness (QED) is 0.494. The van der Waals surface area contributed by atoms with Crippen molar-refractivity contribution in [3.05, 3.63) is 48.5 Å². The zero-order chi connectivity index (χ0) is 19.3. The van der Waals surface area contributed by atoms with Crippen molar-refractivity contribution < 1.29 is 14.3 Å². The van der Waals surface area contributed by atoms with Crippen LogP contribution in [-0.4, -0.2) is 32.8 Å². The molecule has 0 saturated heterocycles. The fourth-order valence-electron chi connectivity index (χ4n) is 2.43. The second-order valence-electron chi connectivity index (χ2n) is 6.16. The maximum Gasteiger partial charge on any atom is 0.319 e. The number of anilines is 2. The first-order chi connectivity index (χ1) is 13.2. The van der Waals surface area contributed by atoms with E-state index in [0.29, 0.717) is 18.9 Å². The summed E-state index contributed by atoms with van der Waals surface area (Å²) in [6, 6.07) is 14.9. The van der Waals surface area contributed by atoms with Gasteiger partial charge in [0.05, 0.1) is 6.61 Å². The molecule has 2 rings (SSSR count). The lowest BCUT2D eigenvalue weighted by Crippen LogP contribution is -2.29. The Morgan fingerprint density at radius 1 is 0.889 bits per heavy atom. The Morgan fingerprint density at radius 2 is 1.52 bits per heavy atom. The normalized spacial score (nSPS) is 10.3. The van der Waals surface area contributed by atoms with Crippen LogP contribution in [0.5, 0.6) is 11.5 Å². The average molecular weight is 371 g/mol. The van der Waals surface area contributed by atoms with E-state index < -0.39 is 0 Å². The number of benzene rings is 2. The molecule has 0 aromatic heterocycles. The molecule has 0 spiro atoms. The molecule has 146 valence electrons. The van der Waals surface area contributed by atoms with Crippen molar-refractivity contribution in [3.8, 4) is 11.5 Å². The van der Waals surface area contributed by atoms with Crippen LogP contribution in [0.15, 0.2) is 48.5 Å². The second-order valence-corrected chi connectivity index (χ2v) is 6.16. The van der Waals surface area contributed by atoms with Crippen LogP contribution >= 0.6 is 0 Å². The number of carbonyl (C=O) groups excluding carboxylic acids is 1. The molecule has 0 atom stereocenters. The monoisotopic (exact) mass is 371 g/mol. The minimum Gasteiger partial charge on any atom is -0.457 e. The fourth-order valence-corrected chi connectivity index (χ4v) is 2.43. The van der Waals surface area contributed by atoms with E-state index in [2.05, 4.69) is 22.9 Å². The lowest BCUT2D eigenvalue weighted by molar-refractivity contribution is 0.211. The Labute approximate surface area is 161 Å². The van der Waals surface area contributed by atoms with Crippen molar-refractivity contribution >= 4 is 17.4 Å². The van der Waals surface area contributed by atoms with Crippen molar-refractivity contribution in [2.75, 3.05) is 37.4 Å². The minimum absolute atomic E-state index is 0.184. The highest BCUT2D eigenvalue weighted by atomic mass is 16.5. The molecular formula is C21H29N3O3. The summed E-state index contributed by atoms with van der Waals surface area (Å²) in [6.45, 7) is 4.25. The van der Waals surface area contributed by atoms with Crippen molar-refractivity contribution in [2.24, 2.45) is 0 Å². The van der Waals surface area contributed by atoms with Crippen LogP contribution in [-0.2, 0) is 4.74 Å². The van der Waals surface area contributed by atoms with Gasteiger partial charge in [-0.05, 0) is 55.0 Å². The number of ether oxygens (including phenoxy) is 2. The third-order valence-corrected chi connectivity index (χ3v) is 3.90. The smallest absolute Gasteiger partial charge is 0.319 e. The van der Waals surface area contributed by atoms with Crippen LogP contribution in [0.4, 0.5) is 16.2 Å². The van der Waals surface area contributed by atoms with Gasteiger partial charge in [-0.15, -0.1) is 0 Å². The van der Waals surface area contributed by atoms with E-state index in [1.807, 2.05) is 48.5 Å². The summed E-state index contributed by atoms with van der Waals surface area (Å²) in [4.78, 5) is 11.8. The molecule has 6 nitrogen and oxygen atoms in total. The van der Waals surface area contributed by atoms with Gasteiger partial charge in [0.25, 0.3) is 0 Å². The Balaban J connectivity index is 1.78. The Bertz CT molecular complexity index is 672. The largest absolute Gasteiger partial charge is 0.457 e. The number of urea groups is 1. The summed E-state index contributed by atoms with van der Waals surface area (Å²) < 4.78 is 10.8. The SMILES string of the molecule is CCCCCNC(=O)Nc1ccc(Oc2ccc(NCCOC)cc2)cc1. The topological polar surface area (TPSA) is 71.6 Å². The predicted molar refractivity (Wildman–Crippen MR) is 110 cm³/mol. The van der Waals surface area contributed by atoms with E-state index in [-0.39, 0.29) is 6.03 Å². The van der Waals surface area contributed by atoms with Crippen molar-refractivity contribution in [2.45, 2.75) is 26.2 Å². The number of nitrogens with one attached hydrogen (secondary N) is 3. The number of methoxy groups -OCH3 is 1. The van der Waals surface area contributed by atoms with Gasteiger partial charge in [0, 0.05) is 31.6 Å². The predicted octanol–water partition coefficient (Wildman–Crippen LogP) is 4.85. The van der Waals surface area contributed by atoms with Gasteiger partial charge in [-0.3, -0.25) is 0 Å². The first kappa shape index (κ1) is 20.6. The zero-order valence-corrected chi connectivity index (χ0v) is 16.1. The van der Waals surface area contributed by atoms with Gasteiger partial charge in [0.1, 0.15) is 11.5 Å². The van der Waals surface area contributed by atoms with Gasteiger partial charge in [0.2, 0.25) is 0 Å². The van der Waals surface area contributed by atoms with Crippen molar-refractivity contribution in [1.82, 2.24) is 5.32 Å². The van der Waals surface area contributed by atoms with Crippen LogP contribution in [0.2, 0.25) is 0 Å².